The Balaban J connectivity index is 1.13. The average molecular weight is 713 g/mol. The molecule has 2 aromatic heterocycles. The van der Waals surface area contributed by atoms with E-state index in [0.717, 1.165) is 33.5 Å². The SMILES string of the molecule is Cc1ccc(-c2cc(C(F)(F)F)nn2-c2ccc(S(=O)(=O)NC(=O)OCC3CCN(n4on4OC(C)OC(=O)OC(C)(C)C)C3)cc2)cc1. The van der Waals surface area contributed by atoms with E-state index in [9.17, 15) is 31.2 Å². The number of carbonyl (C=O) groups is 2. The second-order valence-corrected chi connectivity index (χ2v) is 14.0. The van der Waals surface area contributed by atoms with Crippen LogP contribution in [0.2, 0.25) is 0 Å². The molecule has 1 aliphatic rings. The van der Waals surface area contributed by atoms with Crippen LogP contribution in [0.3, 0.4) is 0 Å². The van der Waals surface area contributed by atoms with Crippen LogP contribution in [-0.2, 0) is 30.4 Å². The first kappa shape index (κ1) is 35.2. The number of benzene rings is 2. The monoisotopic (exact) mass is 712 g/mol. The molecular formula is C30H35F3N6O9S. The van der Waals surface area contributed by atoms with Crippen molar-refractivity contribution in [1.29, 1.82) is 0 Å². The number of hydrogen-bond acceptors (Lipinski definition) is 11. The molecule has 2 unspecified atom stereocenters. The molecule has 2 atom stereocenters. The Morgan fingerprint density at radius 2 is 1.76 bits per heavy atom. The van der Waals surface area contributed by atoms with E-state index >= 15 is 0 Å². The van der Waals surface area contributed by atoms with E-state index in [0.29, 0.717) is 25.1 Å². The van der Waals surface area contributed by atoms with E-state index in [1.165, 1.54) is 24.0 Å². The molecule has 15 nitrogen and oxygen atoms in total. The van der Waals surface area contributed by atoms with Gasteiger partial charge in [0.1, 0.15) is 10.6 Å². The van der Waals surface area contributed by atoms with Crippen LogP contribution in [0.25, 0.3) is 16.9 Å². The molecule has 1 saturated heterocycles. The molecule has 5 rings (SSSR count). The highest BCUT2D eigenvalue weighted by molar-refractivity contribution is 7.90. The molecule has 1 fully saturated rings. The normalized spacial score (nSPS) is 16.0. The van der Waals surface area contributed by atoms with Gasteiger partial charge >= 0.3 is 18.4 Å². The van der Waals surface area contributed by atoms with E-state index in [1.807, 2.05) is 11.6 Å². The Bertz CT molecular complexity index is 1870. The molecule has 0 radical (unpaired) electrons. The Kier molecular flexibility index (Phi) is 9.67. The second kappa shape index (κ2) is 13.4. The van der Waals surface area contributed by atoms with E-state index in [4.69, 9.17) is 23.7 Å². The summed E-state index contributed by atoms with van der Waals surface area (Å²) in [5.41, 5.74) is -0.124. The Morgan fingerprint density at radius 1 is 1.08 bits per heavy atom. The first-order valence-corrected chi connectivity index (χ1v) is 16.5. The number of sulfonamides is 1. The fraction of sp³-hybridized carbons (Fsp3) is 0.433. The summed E-state index contributed by atoms with van der Waals surface area (Å²) in [5.74, 6) is -0.174. The van der Waals surface area contributed by atoms with Crippen molar-refractivity contribution in [3.05, 3.63) is 65.9 Å². The summed E-state index contributed by atoms with van der Waals surface area (Å²) in [7, 11) is -4.38. The van der Waals surface area contributed by atoms with Crippen LogP contribution in [-0.4, -0.2) is 72.0 Å². The standard InChI is InChI=1S/C30H35F3N6O9S/c1-19-6-8-22(9-7-19)25-16-26(30(31,32)33)34-37(25)23-10-12-24(13-11-23)49(42,43)35-27(40)44-18-21-14-15-36(17-21)38-39(48-38)47-20(2)45-28(41)46-29(3,4)5/h6-13,16,20-21H,14-15,17-18H2,1-5H3,(H,35,40). The van der Waals surface area contributed by atoms with Gasteiger partial charge in [-0.3, -0.25) is 5.01 Å². The van der Waals surface area contributed by atoms with Gasteiger partial charge in [-0.05, 0) is 64.4 Å². The Labute approximate surface area is 278 Å². The molecule has 2 aromatic carbocycles. The van der Waals surface area contributed by atoms with Crippen molar-refractivity contribution in [2.24, 2.45) is 5.92 Å². The molecule has 0 bridgehead atoms. The van der Waals surface area contributed by atoms with Crippen LogP contribution >= 0.6 is 0 Å². The first-order valence-electron chi connectivity index (χ1n) is 15.0. The lowest BCUT2D eigenvalue weighted by atomic mass is 10.1. The summed E-state index contributed by atoms with van der Waals surface area (Å²) in [6, 6.07) is 12.6. The van der Waals surface area contributed by atoms with Crippen LogP contribution < -0.4 is 14.6 Å². The van der Waals surface area contributed by atoms with Crippen LogP contribution in [0.1, 0.15) is 45.4 Å². The number of nitrogens with one attached hydrogen (secondary N) is 1. The first-order chi connectivity index (χ1) is 22.9. The van der Waals surface area contributed by atoms with Gasteiger partial charge in [-0.2, -0.15) is 22.9 Å². The number of carbonyl (C=O) groups excluding carboxylic acids is 2. The maximum Gasteiger partial charge on any atom is 0.511 e. The fourth-order valence-corrected chi connectivity index (χ4v) is 5.62. The summed E-state index contributed by atoms with van der Waals surface area (Å²) in [4.78, 5) is 30.5. The van der Waals surface area contributed by atoms with Gasteiger partial charge in [0, 0.05) is 36.5 Å². The molecule has 49 heavy (non-hydrogen) atoms. The molecule has 0 aliphatic carbocycles. The van der Waals surface area contributed by atoms with E-state index in [2.05, 4.69) is 5.10 Å². The molecule has 266 valence electrons. The number of ether oxygens (including phenoxy) is 3. The van der Waals surface area contributed by atoms with Crippen LogP contribution in [0.5, 0.6) is 0 Å². The highest BCUT2D eigenvalue weighted by Gasteiger charge is 2.36. The van der Waals surface area contributed by atoms with Gasteiger partial charge in [0.2, 0.25) is 0 Å². The molecule has 0 spiro atoms. The van der Waals surface area contributed by atoms with Crippen molar-refractivity contribution >= 4 is 22.3 Å². The van der Waals surface area contributed by atoms with Gasteiger partial charge in [0.15, 0.2) is 5.69 Å². The van der Waals surface area contributed by atoms with Gasteiger partial charge < -0.3 is 19.0 Å². The quantitative estimate of drug-likeness (QED) is 0.177. The third-order valence-electron chi connectivity index (χ3n) is 7.06. The highest BCUT2D eigenvalue weighted by Crippen LogP contribution is 2.33. The summed E-state index contributed by atoms with van der Waals surface area (Å²) >= 11 is 0. The second-order valence-electron chi connectivity index (χ2n) is 12.3. The average Bonchev–Trinajstić information content (AvgIpc) is 3.37. The summed E-state index contributed by atoms with van der Waals surface area (Å²) in [6.45, 7) is 9.15. The maximum absolute atomic E-state index is 13.5. The zero-order chi connectivity index (χ0) is 35.7. The molecule has 0 saturated carbocycles. The predicted molar refractivity (Wildman–Crippen MR) is 165 cm³/mol. The third-order valence-corrected chi connectivity index (χ3v) is 8.39. The molecular weight excluding hydrogens is 677 g/mol. The lowest BCUT2D eigenvalue weighted by Crippen LogP contribution is -2.35. The van der Waals surface area contributed by atoms with Gasteiger partial charge in [0.05, 0.1) is 22.9 Å². The number of nitrogens with zero attached hydrogens (tertiary/aromatic N) is 5. The Morgan fingerprint density at radius 3 is 2.39 bits per heavy atom. The Hall–Kier alpha value is -5.07. The van der Waals surface area contributed by atoms with Crippen molar-refractivity contribution in [1.82, 2.24) is 24.5 Å². The summed E-state index contributed by atoms with van der Waals surface area (Å²) in [6.07, 6.45) is -7.26. The molecule has 1 amide bonds. The van der Waals surface area contributed by atoms with E-state index < -0.39 is 46.0 Å². The lowest BCUT2D eigenvalue weighted by molar-refractivity contribution is -0.142. The van der Waals surface area contributed by atoms with Gasteiger partial charge in [0.25, 0.3) is 16.3 Å². The van der Waals surface area contributed by atoms with E-state index in [1.54, 1.807) is 50.0 Å². The van der Waals surface area contributed by atoms with Crippen molar-refractivity contribution in [3.8, 4) is 16.9 Å². The molecule has 4 aromatic rings. The number of alkyl halides is 3. The van der Waals surface area contributed by atoms with Gasteiger partial charge in [-0.1, -0.05) is 29.8 Å². The summed E-state index contributed by atoms with van der Waals surface area (Å²) in [5, 5.41) is 6.44. The van der Waals surface area contributed by atoms with Crippen LogP contribution in [0.4, 0.5) is 22.8 Å². The molecule has 19 heteroatoms. The fourth-order valence-electron chi connectivity index (χ4n) is 4.73. The van der Waals surface area contributed by atoms with Gasteiger partial charge in [-0.25, -0.2) is 27.4 Å². The van der Waals surface area contributed by atoms with Gasteiger partial charge in [-0.15, -0.1) is 0 Å². The van der Waals surface area contributed by atoms with E-state index in [-0.39, 0.29) is 28.8 Å². The van der Waals surface area contributed by atoms with Crippen LogP contribution in [0, 0.1) is 12.8 Å². The number of aromatic nitrogens is 4. The van der Waals surface area contributed by atoms with Crippen LogP contribution in [0.15, 0.2) is 64.1 Å². The minimum absolute atomic E-state index is 0.105. The topological polar surface area (TPSA) is 161 Å². The lowest BCUT2D eigenvalue weighted by Gasteiger charge is -2.20. The number of amides is 1. The third kappa shape index (κ3) is 9.09. The largest absolute Gasteiger partial charge is 0.511 e. The number of hydrogen-bond donors (Lipinski definition) is 1. The predicted octanol–water partition coefficient (Wildman–Crippen LogP) is 4.86. The van der Waals surface area contributed by atoms with Crippen molar-refractivity contribution < 1.29 is 54.9 Å². The maximum atomic E-state index is 13.5. The van der Waals surface area contributed by atoms with Crippen molar-refractivity contribution in [2.75, 3.05) is 24.7 Å². The highest BCUT2D eigenvalue weighted by atomic mass is 32.2. The molecule has 1 aliphatic heterocycles. The zero-order valence-electron chi connectivity index (χ0n) is 27.1. The smallest absolute Gasteiger partial charge is 0.448 e. The number of rotatable bonds is 10. The van der Waals surface area contributed by atoms with Crippen molar-refractivity contribution in [2.45, 2.75) is 64.0 Å². The minimum atomic E-state index is -4.70. The number of halogens is 3. The van der Waals surface area contributed by atoms with Crippen molar-refractivity contribution in [3.63, 3.8) is 0 Å². The summed E-state index contributed by atoms with van der Waals surface area (Å²) < 4.78 is 89.7. The minimum Gasteiger partial charge on any atom is -0.448 e. The molecule has 3 heterocycles. The molecule has 1 N–H and O–H groups in total. The number of aryl methyl sites for hydroxylation is 1. The zero-order valence-corrected chi connectivity index (χ0v) is 27.9.